The lowest BCUT2D eigenvalue weighted by Crippen LogP contribution is -2.49. The number of nitrogens with zero attached hydrogens (tertiary/aromatic N) is 2. The lowest BCUT2D eigenvalue weighted by atomic mass is 9.97. The summed E-state index contributed by atoms with van der Waals surface area (Å²) in [6.45, 7) is 4.18. The molecule has 4 rings (SSSR count). The smallest absolute Gasteiger partial charge is 0.260 e. The van der Waals surface area contributed by atoms with Crippen LogP contribution in [0.2, 0.25) is 0 Å². The lowest BCUT2D eigenvalue weighted by molar-refractivity contribution is -0.139. The van der Waals surface area contributed by atoms with Crippen LogP contribution in [0.3, 0.4) is 0 Å². The minimum atomic E-state index is -0.654. The molecule has 0 radical (unpaired) electrons. The number of carbonyl (C=O) groups excluding carboxylic acids is 2. The van der Waals surface area contributed by atoms with Crippen LogP contribution in [0.5, 0.6) is 5.75 Å². The van der Waals surface area contributed by atoms with Gasteiger partial charge in [0.1, 0.15) is 17.4 Å². The molecule has 2 fully saturated rings. The first-order valence-electron chi connectivity index (χ1n) is 11.6. The second-order valence-electron chi connectivity index (χ2n) is 9.14. The average molecular weight is 457 g/mol. The van der Waals surface area contributed by atoms with Crippen LogP contribution < -0.4 is 4.74 Å². The zero-order valence-electron chi connectivity index (χ0n) is 19.1. The third-order valence-electron chi connectivity index (χ3n) is 6.55. The summed E-state index contributed by atoms with van der Waals surface area (Å²) in [5.41, 5.74) is 0.748. The Morgan fingerprint density at radius 2 is 1.67 bits per heavy atom. The van der Waals surface area contributed by atoms with Gasteiger partial charge in [-0.05, 0) is 76.3 Å². The van der Waals surface area contributed by atoms with E-state index in [4.69, 9.17) is 4.74 Å². The van der Waals surface area contributed by atoms with E-state index in [2.05, 4.69) is 13.8 Å². The second kappa shape index (κ2) is 9.89. The van der Waals surface area contributed by atoms with Gasteiger partial charge in [-0.25, -0.2) is 8.78 Å². The Morgan fingerprint density at radius 3 is 2.27 bits per heavy atom. The zero-order valence-corrected chi connectivity index (χ0v) is 19.1. The molecule has 2 aromatic rings. The van der Waals surface area contributed by atoms with Gasteiger partial charge in [0.05, 0.1) is 0 Å². The van der Waals surface area contributed by atoms with E-state index in [9.17, 15) is 18.4 Å². The number of benzene rings is 2. The number of halogens is 2. The van der Waals surface area contributed by atoms with Crippen LogP contribution in [0.4, 0.5) is 8.78 Å². The Morgan fingerprint density at radius 1 is 1.00 bits per heavy atom. The van der Waals surface area contributed by atoms with Crippen molar-refractivity contribution in [2.75, 3.05) is 6.61 Å². The van der Waals surface area contributed by atoms with Crippen LogP contribution in [0, 0.1) is 11.6 Å². The highest BCUT2D eigenvalue weighted by molar-refractivity contribution is 5.94. The van der Waals surface area contributed by atoms with Crippen LogP contribution in [0.1, 0.15) is 61.9 Å². The van der Waals surface area contributed by atoms with Crippen molar-refractivity contribution in [3.63, 3.8) is 0 Å². The maximum Gasteiger partial charge on any atom is 0.260 e. The van der Waals surface area contributed by atoms with E-state index in [1.165, 1.54) is 12.1 Å². The Hall–Kier alpha value is -2.96. The minimum Gasteiger partial charge on any atom is -0.484 e. The summed E-state index contributed by atoms with van der Waals surface area (Å²) in [5, 5.41) is 0. The maximum atomic E-state index is 14.1. The summed E-state index contributed by atoms with van der Waals surface area (Å²) in [6, 6.07) is 10.6. The van der Waals surface area contributed by atoms with Crippen molar-refractivity contribution in [3.8, 4) is 5.75 Å². The van der Waals surface area contributed by atoms with Crippen LogP contribution >= 0.6 is 0 Å². The molecule has 1 heterocycles. The van der Waals surface area contributed by atoms with Gasteiger partial charge in [0.15, 0.2) is 6.61 Å². The number of ether oxygens (including phenoxy) is 1. The topological polar surface area (TPSA) is 49.9 Å². The molecule has 1 saturated heterocycles. The average Bonchev–Trinajstić information content (AvgIpc) is 3.62. The first-order valence-corrected chi connectivity index (χ1v) is 11.6. The Kier molecular flexibility index (Phi) is 6.96. The molecule has 0 bridgehead atoms. The summed E-state index contributed by atoms with van der Waals surface area (Å²) >= 11 is 0. The first kappa shape index (κ1) is 23.2. The number of amides is 2. The number of hydrogen-bond donors (Lipinski definition) is 0. The molecular weight excluding hydrogens is 426 g/mol. The van der Waals surface area contributed by atoms with Crippen molar-refractivity contribution in [1.82, 2.24) is 9.80 Å². The van der Waals surface area contributed by atoms with E-state index in [1.807, 2.05) is 4.90 Å². The van der Waals surface area contributed by atoms with Crippen molar-refractivity contribution in [1.29, 1.82) is 0 Å². The number of carbonyl (C=O) groups is 2. The van der Waals surface area contributed by atoms with Gasteiger partial charge in [0.25, 0.3) is 11.8 Å². The van der Waals surface area contributed by atoms with Crippen molar-refractivity contribution < 1.29 is 23.1 Å². The molecule has 2 atom stereocenters. The summed E-state index contributed by atoms with van der Waals surface area (Å²) in [7, 11) is 0. The van der Waals surface area contributed by atoms with Gasteiger partial charge in [0.2, 0.25) is 0 Å². The molecule has 2 aliphatic rings. The third-order valence-corrected chi connectivity index (χ3v) is 6.55. The number of likely N-dealkylation sites (tertiary alicyclic amines) is 1. The fourth-order valence-corrected chi connectivity index (χ4v) is 4.58. The Labute approximate surface area is 193 Å². The molecule has 33 heavy (non-hydrogen) atoms. The van der Waals surface area contributed by atoms with Crippen LogP contribution in [-0.2, 0) is 11.3 Å². The fourth-order valence-electron chi connectivity index (χ4n) is 4.58. The normalized spacial score (nSPS) is 20.4. The van der Waals surface area contributed by atoms with E-state index in [0.29, 0.717) is 11.3 Å². The van der Waals surface area contributed by atoms with E-state index in [0.717, 1.165) is 38.2 Å². The molecule has 176 valence electrons. The molecule has 0 N–H and O–H groups in total. The predicted octanol–water partition coefficient (Wildman–Crippen LogP) is 4.94. The standard InChI is InChI=1S/C26H30F2N2O3/c1-17-4-3-5-18(2)30(17)25(31)16-33-23-12-7-19(8-13-23)26(32)29(22-10-11-22)15-20-6-9-21(27)14-24(20)28/h6-9,12-14,17-18,22H,3-5,10-11,15-16H2,1-2H3. The van der Waals surface area contributed by atoms with Gasteiger partial charge >= 0.3 is 0 Å². The van der Waals surface area contributed by atoms with Gasteiger partial charge in [0, 0.05) is 41.9 Å². The van der Waals surface area contributed by atoms with E-state index in [1.54, 1.807) is 29.2 Å². The molecule has 2 unspecified atom stereocenters. The molecule has 1 aliphatic heterocycles. The maximum absolute atomic E-state index is 14.1. The van der Waals surface area contributed by atoms with Gasteiger partial charge in [-0.3, -0.25) is 9.59 Å². The van der Waals surface area contributed by atoms with Gasteiger partial charge in [-0.1, -0.05) is 6.07 Å². The van der Waals surface area contributed by atoms with Crippen molar-refractivity contribution in [2.24, 2.45) is 0 Å². The molecule has 1 aliphatic carbocycles. The molecule has 0 aromatic heterocycles. The van der Waals surface area contributed by atoms with Gasteiger partial charge in [-0.2, -0.15) is 0 Å². The summed E-state index contributed by atoms with van der Waals surface area (Å²) < 4.78 is 33.0. The van der Waals surface area contributed by atoms with Crippen molar-refractivity contribution in [2.45, 2.75) is 70.6 Å². The van der Waals surface area contributed by atoms with Crippen molar-refractivity contribution in [3.05, 3.63) is 65.2 Å². The van der Waals surface area contributed by atoms with E-state index < -0.39 is 11.6 Å². The molecule has 0 spiro atoms. The van der Waals surface area contributed by atoms with Crippen LogP contribution in [0.15, 0.2) is 42.5 Å². The molecular formula is C26H30F2N2O3. The molecule has 7 heteroatoms. The van der Waals surface area contributed by atoms with E-state index in [-0.39, 0.29) is 48.7 Å². The zero-order chi connectivity index (χ0) is 23.5. The highest BCUT2D eigenvalue weighted by atomic mass is 19.1. The monoisotopic (exact) mass is 456 g/mol. The highest BCUT2D eigenvalue weighted by Gasteiger charge is 2.34. The van der Waals surface area contributed by atoms with Crippen LogP contribution in [0.25, 0.3) is 0 Å². The molecule has 1 saturated carbocycles. The largest absolute Gasteiger partial charge is 0.484 e. The van der Waals surface area contributed by atoms with Crippen molar-refractivity contribution >= 4 is 11.8 Å². The number of rotatable bonds is 7. The molecule has 5 nitrogen and oxygen atoms in total. The third kappa shape index (κ3) is 5.52. The number of piperidine rings is 1. The Bertz CT molecular complexity index is 997. The van der Waals surface area contributed by atoms with Gasteiger partial charge < -0.3 is 14.5 Å². The number of hydrogen-bond acceptors (Lipinski definition) is 3. The molecule has 2 aromatic carbocycles. The highest BCUT2D eigenvalue weighted by Crippen LogP contribution is 2.31. The predicted molar refractivity (Wildman–Crippen MR) is 121 cm³/mol. The summed E-state index contributed by atoms with van der Waals surface area (Å²) in [4.78, 5) is 29.3. The van der Waals surface area contributed by atoms with Crippen LogP contribution in [-0.4, -0.2) is 46.3 Å². The Balaban J connectivity index is 1.38. The summed E-state index contributed by atoms with van der Waals surface area (Å²) in [5.74, 6) is -1.02. The van der Waals surface area contributed by atoms with Gasteiger partial charge in [-0.15, -0.1) is 0 Å². The quantitative estimate of drug-likeness (QED) is 0.593. The fraction of sp³-hybridized carbons (Fsp3) is 0.462. The van der Waals surface area contributed by atoms with E-state index >= 15 is 0 Å². The molecule has 2 amide bonds. The lowest BCUT2D eigenvalue weighted by Gasteiger charge is -2.38. The first-order chi connectivity index (χ1) is 15.8. The second-order valence-corrected chi connectivity index (χ2v) is 9.14. The summed E-state index contributed by atoms with van der Waals surface area (Å²) in [6.07, 6.45) is 4.88. The SMILES string of the molecule is CC1CCCC(C)N1C(=O)COc1ccc(C(=O)N(Cc2ccc(F)cc2F)C2CC2)cc1. The minimum absolute atomic E-state index is 0.0314.